The molecule has 0 unspecified atom stereocenters. The van der Waals surface area contributed by atoms with E-state index in [0.717, 1.165) is 0 Å². The van der Waals surface area contributed by atoms with Gasteiger partial charge in [0.2, 0.25) is 0 Å². The molecule has 0 aliphatic heterocycles. The molecule has 2 rings (SSSR count). The van der Waals surface area contributed by atoms with Crippen molar-refractivity contribution in [3.63, 3.8) is 0 Å². The summed E-state index contributed by atoms with van der Waals surface area (Å²) in [5.41, 5.74) is 0.583. The molecule has 0 atom stereocenters. The van der Waals surface area contributed by atoms with Crippen molar-refractivity contribution in [3.05, 3.63) is 63.7 Å². The first-order valence-electron chi connectivity index (χ1n) is 6.28. The fourth-order valence-electron chi connectivity index (χ4n) is 2.03. The molecule has 7 nitrogen and oxygen atoms in total. The molecule has 0 spiro atoms. The fraction of sp³-hybridized carbons (Fsp3) is 0.0667. The van der Waals surface area contributed by atoms with Crippen LogP contribution < -0.4 is 5.32 Å². The van der Waals surface area contributed by atoms with Gasteiger partial charge in [-0.2, -0.15) is 0 Å². The first kappa shape index (κ1) is 15.2. The molecule has 0 saturated heterocycles. The van der Waals surface area contributed by atoms with E-state index in [9.17, 15) is 19.7 Å². The summed E-state index contributed by atoms with van der Waals surface area (Å²) < 4.78 is 0. The lowest BCUT2D eigenvalue weighted by atomic mass is 10.0. The molecule has 1 amide bonds. The number of amides is 1. The highest BCUT2D eigenvalue weighted by atomic mass is 16.6. The maximum Gasteiger partial charge on any atom is 0.342 e. The molecule has 0 heterocycles. The molecule has 2 N–H and O–H groups in total. The van der Waals surface area contributed by atoms with E-state index in [0.29, 0.717) is 16.7 Å². The van der Waals surface area contributed by atoms with Gasteiger partial charge in [0.05, 0.1) is 4.92 Å². The Kier molecular flexibility index (Phi) is 4.17. The number of carboxylic acids is 1. The zero-order chi connectivity index (χ0) is 16.3. The van der Waals surface area contributed by atoms with Crippen LogP contribution in [-0.2, 0) is 0 Å². The van der Waals surface area contributed by atoms with Gasteiger partial charge in [-0.15, -0.1) is 0 Å². The van der Waals surface area contributed by atoms with E-state index in [-0.39, 0.29) is 11.5 Å². The lowest BCUT2D eigenvalue weighted by Gasteiger charge is -2.06. The Balaban J connectivity index is 2.54. The summed E-state index contributed by atoms with van der Waals surface area (Å²) in [6.07, 6.45) is 0. The number of hydrogen-bond donors (Lipinski definition) is 2. The third kappa shape index (κ3) is 2.93. The Morgan fingerprint density at radius 3 is 2.41 bits per heavy atom. The van der Waals surface area contributed by atoms with E-state index < -0.39 is 16.6 Å². The number of nitro benzene ring substituents is 1. The number of carbonyl (C=O) groups is 2. The van der Waals surface area contributed by atoms with Crippen molar-refractivity contribution in [1.82, 2.24) is 5.32 Å². The smallest absolute Gasteiger partial charge is 0.342 e. The molecule has 0 fully saturated rings. The molecule has 0 aliphatic carbocycles. The van der Waals surface area contributed by atoms with Gasteiger partial charge in [0.25, 0.3) is 11.6 Å². The minimum atomic E-state index is -1.36. The second-order valence-corrected chi connectivity index (χ2v) is 4.45. The van der Waals surface area contributed by atoms with Crippen LogP contribution in [0.3, 0.4) is 0 Å². The first-order valence-corrected chi connectivity index (χ1v) is 6.28. The van der Waals surface area contributed by atoms with E-state index >= 15 is 0 Å². The molecule has 112 valence electrons. The van der Waals surface area contributed by atoms with Gasteiger partial charge in [-0.3, -0.25) is 14.9 Å². The van der Waals surface area contributed by atoms with Gasteiger partial charge >= 0.3 is 5.97 Å². The number of hydrogen-bond acceptors (Lipinski definition) is 4. The largest absolute Gasteiger partial charge is 0.477 e. The summed E-state index contributed by atoms with van der Waals surface area (Å²) in [7, 11) is 1.50. The van der Waals surface area contributed by atoms with E-state index in [1.807, 2.05) is 0 Å². The Morgan fingerprint density at radius 1 is 1.14 bits per heavy atom. The molecular formula is C15H12N2O5. The molecule has 2 aromatic rings. The molecule has 2 aromatic carbocycles. The van der Waals surface area contributed by atoms with Crippen molar-refractivity contribution >= 4 is 17.6 Å². The summed E-state index contributed by atoms with van der Waals surface area (Å²) in [5, 5.41) is 22.5. The van der Waals surface area contributed by atoms with Crippen LogP contribution in [0.5, 0.6) is 0 Å². The number of aromatic carboxylic acids is 1. The Labute approximate surface area is 125 Å². The Hall–Kier alpha value is -3.22. The predicted octanol–water partition coefficient (Wildman–Crippen LogP) is 2.32. The highest BCUT2D eigenvalue weighted by Gasteiger charge is 2.20. The van der Waals surface area contributed by atoms with Crippen molar-refractivity contribution in [2.75, 3.05) is 7.05 Å². The quantitative estimate of drug-likeness (QED) is 0.665. The average molecular weight is 300 g/mol. The maximum absolute atomic E-state index is 11.6. The Bertz CT molecular complexity index is 770. The van der Waals surface area contributed by atoms with Gasteiger partial charge in [-0.05, 0) is 29.3 Å². The highest BCUT2D eigenvalue weighted by Crippen LogP contribution is 2.28. The zero-order valence-electron chi connectivity index (χ0n) is 11.6. The predicted molar refractivity (Wildman–Crippen MR) is 78.9 cm³/mol. The van der Waals surface area contributed by atoms with Gasteiger partial charge in [-0.25, -0.2) is 4.79 Å². The normalized spacial score (nSPS) is 10.0. The third-order valence-corrected chi connectivity index (χ3v) is 3.11. The van der Waals surface area contributed by atoms with Crippen LogP contribution in [0.1, 0.15) is 20.7 Å². The number of carbonyl (C=O) groups excluding carboxylic acids is 1. The van der Waals surface area contributed by atoms with E-state index in [1.165, 1.54) is 25.2 Å². The van der Waals surface area contributed by atoms with Crippen LogP contribution in [0.25, 0.3) is 11.1 Å². The second-order valence-electron chi connectivity index (χ2n) is 4.45. The molecule has 0 radical (unpaired) electrons. The summed E-state index contributed by atoms with van der Waals surface area (Å²) in [6.45, 7) is 0. The SMILES string of the molecule is CNC(=O)c1cccc(-c2ccc(C(=O)O)c([N+](=O)[O-])c2)c1. The van der Waals surface area contributed by atoms with E-state index in [2.05, 4.69) is 5.32 Å². The zero-order valence-corrected chi connectivity index (χ0v) is 11.6. The van der Waals surface area contributed by atoms with E-state index in [1.54, 1.807) is 24.3 Å². The summed E-state index contributed by atoms with van der Waals surface area (Å²) in [5.74, 6) is -1.64. The number of nitrogens with zero attached hydrogens (tertiary/aromatic N) is 1. The van der Waals surface area contributed by atoms with Crippen LogP contribution in [0.15, 0.2) is 42.5 Å². The molecule has 0 bridgehead atoms. The average Bonchev–Trinajstić information content (AvgIpc) is 2.53. The van der Waals surface area contributed by atoms with Crippen LogP contribution in [-0.4, -0.2) is 29.0 Å². The summed E-state index contributed by atoms with van der Waals surface area (Å²) in [4.78, 5) is 32.9. The number of nitrogens with one attached hydrogen (secondary N) is 1. The lowest BCUT2D eigenvalue weighted by Crippen LogP contribution is -2.17. The number of nitro groups is 1. The van der Waals surface area contributed by atoms with Gasteiger partial charge in [0.15, 0.2) is 0 Å². The number of rotatable bonds is 4. The maximum atomic E-state index is 11.6. The van der Waals surface area contributed by atoms with Crippen molar-refractivity contribution in [1.29, 1.82) is 0 Å². The summed E-state index contributed by atoms with van der Waals surface area (Å²) >= 11 is 0. The topological polar surface area (TPSA) is 110 Å². The van der Waals surface area contributed by atoms with Gasteiger partial charge in [0.1, 0.15) is 5.56 Å². The Morgan fingerprint density at radius 2 is 1.82 bits per heavy atom. The fourth-order valence-corrected chi connectivity index (χ4v) is 2.03. The van der Waals surface area contributed by atoms with Crippen molar-refractivity contribution in [2.24, 2.45) is 0 Å². The van der Waals surface area contributed by atoms with Crippen LogP contribution in [0, 0.1) is 10.1 Å². The van der Waals surface area contributed by atoms with Crippen molar-refractivity contribution < 1.29 is 19.6 Å². The van der Waals surface area contributed by atoms with Crippen molar-refractivity contribution in [2.45, 2.75) is 0 Å². The third-order valence-electron chi connectivity index (χ3n) is 3.11. The standard InChI is InChI=1S/C15H12N2O5/c1-16-14(18)11-4-2-3-9(7-11)10-5-6-12(15(19)20)13(8-10)17(21)22/h2-8H,1H3,(H,16,18)(H,19,20). The number of benzene rings is 2. The van der Waals surface area contributed by atoms with Gasteiger partial charge in [0, 0.05) is 18.7 Å². The molecule has 0 saturated carbocycles. The first-order chi connectivity index (χ1) is 10.4. The molecule has 0 aliphatic rings. The highest BCUT2D eigenvalue weighted by molar-refractivity contribution is 5.96. The van der Waals surface area contributed by atoms with Crippen LogP contribution in [0.4, 0.5) is 5.69 Å². The van der Waals surface area contributed by atoms with Crippen LogP contribution >= 0.6 is 0 Å². The van der Waals surface area contributed by atoms with E-state index in [4.69, 9.17) is 5.11 Å². The minimum absolute atomic E-state index is 0.279. The minimum Gasteiger partial charge on any atom is -0.477 e. The van der Waals surface area contributed by atoms with Crippen LogP contribution in [0.2, 0.25) is 0 Å². The molecule has 22 heavy (non-hydrogen) atoms. The van der Waals surface area contributed by atoms with Gasteiger partial charge in [-0.1, -0.05) is 18.2 Å². The molecule has 0 aromatic heterocycles. The second kappa shape index (κ2) is 6.04. The number of carboxylic acid groups (broad SMARTS) is 1. The summed E-state index contributed by atoms with van der Waals surface area (Å²) in [6, 6.07) is 10.4. The monoisotopic (exact) mass is 300 g/mol. The van der Waals surface area contributed by atoms with Crippen molar-refractivity contribution in [3.8, 4) is 11.1 Å². The molecular weight excluding hydrogens is 288 g/mol. The van der Waals surface area contributed by atoms with Gasteiger partial charge < -0.3 is 10.4 Å². The molecule has 7 heteroatoms. The lowest BCUT2D eigenvalue weighted by molar-refractivity contribution is -0.385.